The molecule has 2 aliphatic rings. The molecule has 1 saturated heterocycles. The predicted molar refractivity (Wildman–Crippen MR) is 130 cm³/mol. The number of nitrogens with zero attached hydrogens (tertiary/aromatic N) is 1. The number of sulfonamides is 1. The zero-order valence-electron chi connectivity index (χ0n) is 19.7. The minimum absolute atomic E-state index is 0.0613. The van der Waals surface area contributed by atoms with Crippen molar-refractivity contribution in [1.82, 2.24) is 9.62 Å². The third-order valence-electron chi connectivity index (χ3n) is 6.72. The van der Waals surface area contributed by atoms with Gasteiger partial charge in [0.15, 0.2) is 0 Å². The quantitative estimate of drug-likeness (QED) is 0.522. The number of rotatable bonds is 8. The highest BCUT2D eigenvalue weighted by molar-refractivity contribution is 7.89. The number of ether oxygens (including phenoxy) is 1. The van der Waals surface area contributed by atoms with Gasteiger partial charge < -0.3 is 4.74 Å². The Kier molecular flexibility index (Phi) is 7.68. The third-order valence-corrected chi connectivity index (χ3v) is 7.61. The summed E-state index contributed by atoms with van der Waals surface area (Å²) in [6, 6.07) is 7.15. The maximum atomic E-state index is 14.7. The SMILES string of the molecule is C[C@@H](c1ccc(F)cc1Cl)N1CCC(COc2cc(F)c(C(=O)NS(C)(=O)=O)cc2C2CC2)CC1. The Labute approximate surface area is 209 Å². The summed E-state index contributed by atoms with van der Waals surface area (Å²) in [5, 5.41) is 0.422. The minimum Gasteiger partial charge on any atom is -0.493 e. The van der Waals surface area contributed by atoms with Crippen LogP contribution in [0.25, 0.3) is 0 Å². The second-order valence-electron chi connectivity index (χ2n) is 9.48. The van der Waals surface area contributed by atoms with E-state index >= 15 is 0 Å². The highest BCUT2D eigenvalue weighted by Crippen LogP contribution is 2.45. The normalized spacial score (nSPS) is 18.3. The van der Waals surface area contributed by atoms with Gasteiger partial charge in [0, 0.05) is 17.1 Å². The number of hydrogen-bond donors (Lipinski definition) is 1. The van der Waals surface area contributed by atoms with Crippen molar-refractivity contribution in [3.8, 4) is 5.75 Å². The van der Waals surface area contributed by atoms with Crippen molar-refractivity contribution in [2.24, 2.45) is 5.92 Å². The molecule has 35 heavy (non-hydrogen) atoms. The third kappa shape index (κ3) is 6.51. The maximum absolute atomic E-state index is 14.7. The molecule has 0 spiro atoms. The second-order valence-corrected chi connectivity index (χ2v) is 11.6. The van der Waals surface area contributed by atoms with Crippen LogP contribution in [0.5, 0.6) is 5.75 Å². The number of amides is 1. The molecule has 2 fully saturated rings. The van der Waals surface area contributed by atoms with Crippen LogP contribution < -0.4 is 9.46 Å². The van der Waals surface area contributed by atoms with E-state index in [0.29, 0.717) is 17.4 Å². The van der Waals surface area contributed by atoms with Gasteiger partial charge >= 0.3 is 0 Å². The molecule has 1 aliphatic heterocycles. The molecule has 6 nitrogen and oxygen atoms in total. The van der Waals surface area contributed by atoms with Gasteiger partial charge in [-0.05, 0) is 86.9 Å². The molecule has 0 aromatic heterocycles. The van der Waals surface area contributed by atoms with E-state index in [-0.39, 0.29) is 29.3 Å². The molecule has 1 saturated carbocycles. The van der Waals surface area contributed by atoms with Crippen LogP contribution in [0.3, 0.4) is 0 Å². The summed E-state index contributed by atoms with van der Waals surface area (Å²) in [6.45, 7) is 4.14. The zero-order chi connectivity index (χ0) is 25.3. The molecule has 10 heteroatoms. The van der Waals surface area contributed by atoms with E-state index < -0.39 is 21.7 Å². The Balaban J connectivity index is 1.38. The first kappa shape index (κ1) is 25.9. The Morgan fingerprint density at radius 3 is 2.46 bits per heavy atom. The highest BCUT2D eigenvalue weighted by atomic mass is 35.5. The summed E-state index contributed by atoms with van der Waals surface area (Å²) < 4.78 is 58.7. The lowest BCUT2D eigenvalue weighted by Crippen LogP contribution is -2.37. The Morgan fingerprint density at radius 2 is 1.86 bits per heavy atom. The van der Waals surface area contributed by atoms with Crippen molar-refractivity contribution >= 4 is 27.5 Å². The molecule has 190 valence electrons. The molecule has 0 unspecified atom stereocenters. The van der Waals surface area contributed by atoms with Gasteiger partial charge in [0.2, 0.25) is 10.0 Å². The number of carbonyl (C=O) groups excluding carboxylic acids is 1. The van der Waals surface area contributed by atoms with E-state index in [9.17, 15) is 22.0 Å². The molecule has 2 aromatic rings. The van der Waals surface area contributed by atoms with Crippen molar-refractivity contribution < 1.29 is 26.7 Å². The van der Waals surface area contributed by atoms with Gasteiger partial charge in [-0.3, -0.25) is 9.69 Å². The molecule has 1 amide bonds. The first-order valence-corrected chi connectivity index (χ1v) is 14.0. The molecule has 0 bridgehead atoms. The molecule has 1 atom stereocenters. The van der Waals surface area contributed by atoms with Gasteiger partial charge in [-0.25, -0.2) is 21.9 Å². The van der Waals surface area contributed by atoms with E-state index in [1.54, 1.807) is 6.07 Å². The fourth-order valence-corrected chi connectivity index (χ4v) is 5.33. The second kappa shape index (κ2) is 10.4. The van der Waals surface area contributed by atoms with E-state index in [2.05, 4.69) is 11.8 Å². The van der Waals surface area contributed by atoms with Crippen LogP contribution in [0.4, 0.5) is 8.78 Å². The van der Waals surface area contributed by atoms with Crippen molar-refractivity contribution in [3.05, 3.63) is 63.7 Å². The van der Waals surface area contributed by atoms with Gasteiger partial charge in [0.1, 0.15) is 17.4 Å². The number of likely N-dealkylation sites (tertiary alicyclic amines) is 1. The molecular formula is C25H29ClF2N2O4S. The zero-order valence-corrected chi connectivity index (χ0v) is 21.3. The summed E-state index contributed by atoms with van der Waals surface area (Å²) in [6.07, 6.45) is 4.45. The summed E-state index contributed by atoms with van der Waals surface area (Å²) in [5.41, 5.74) is 1.33. The van der Waals surface area contributed by atoms with Gasteiger partial charge in [0.05, 0.1) is 18.4 Å². The molecule has 0 radical (unpaired) electrons. The van der Waals surface area contributed by atoms with Gasteiger partial charge in [-0.1, -0.05) is 17.7 Å². The molecule has 2 aromatic carbocycles. The van der Waals surface area contributed by atoms with Crippen LogP contribution in [0, 0.1) is 17.6 Å². The molecule has 1 heterocycles. The number of benzene rings is 2. The monoisotopic (exact) mass is 526 g/mol. The predicted octanol–water partition coefficient (Wildman–Crippen LogP) is 5.04. The largest absolute Gasteiger partial charge is 0.493 e. The molecule has 1 N–H and O–H groups in total. The van der Waals surface area contributed by atoms with Gasteiger partial charge in [0.25, 0.3) is 5.91 Å². The number of hydrogen-bond acceptors (Lipinski definition) is 5. The van der Waals surface area contributed by atoms with Crippen LogP contribution in [-0.2, 0) is 10.0 Å². The molecule has 4 rings (SSSR count). The Morgan fingerprint density at radius 1 is 1.17 bits per heavy atom. The maximum Gasteiger partial charge on any atom is 0.267 e. The summed E-state index contributed by atoms with van der Waals surface area (Å²) in [7, 11) is -3.80. The van der Waals surface area contributed by atoms with Crippen LogP contribution in [0.1, 0.15) is 66.1 Å². The highest BCUT2D eigenvalue weighted by Gasteiger charge is 2.31. The number of nitrogens with one attached hydrogen (secondary N) is 1. The number of halogens is 3. The first-order valence-electron chi connectivity index (χ1n) is 11.7. The topological polar surface area (TPSA) is 75.7 Å². The van der Waals surface area contributed by atoms with Gasteiger partial charge in [-0.2, -0.15) is 0 Å². The van der Waals surface area contributed by atoms with Crippen LogP contribution in [0.2, 0.25) is 5.02 Å². The van der Waals surface area contributed by atoms with Crippen molar-refractivity contribution in [2.45, 2.75) is 44.6 Å². The minimum atomic E-state index is -3.80. The van der Waals surface area contributed by atoms with Crippen LogP contribution in [0.15, 0.2) is 30.3 Å². The molecular weight excluding hydrogens is 498 g/mol. The van der Waals surface area contributed by atoms with E-state index in [1.807, 2.05) is 4.72 Å². The average Bonchev–Trinajstić information content (AvgIpc) is 3.62. The smallest absolute Gasteiger partial charge is 0.267 e. The molecule has 1 aliphatic carbocycles. The number of piperidine rings is 1. The van der Waals surface area contributed by atoms with E-state index in [1.165, 1.54) is 24.3 Å². The standard InChI is InChI=1S/C25H29ClF2N2O4S/c1-15(19-6-5-18(27)11-22(19)26)30-9-7-16(8-10-30)14-34-24-13-23(28)21(12-20(24)17-3-4-17)25(31)29-35(2,32)33/h5-6,11-13,15-17H,3-4,7-10,14H2,1-2H3,(H,29,31)/t15-/m0/s1. The van der Waals surface area contributed by atoms with Gasteiger partial charge in [-0.15, -0.1) is 0 Å². The van der Waals surface area contributed by atoms with Crippen molar-refractivity contribution in [2.75, 3.05) is 26.0 Å². The lowest BCUT2D eigenvalue weighted by atomic mass is 9.95. The van der Waals surface area contributed by atoms with Crippen molar-refractivity contribution in [3.63, 3.8) is 0 Å². The average molecular weight is 527 g/mol. The fraction of sp³-hybridized carbons (Fsp3) is 0.480. The fourth-order valence-electron chi connectivity index (χ4n) is 4.56. The summed E-state index contributed by atoms with van der Waals surface area (Å²) >= 11 is 6.24. The summed E-state index contributed by atoms with van der Waals surface area (Å²) in [4.78, 5) is 14.5. The van der Waals surface area contributed by atoms with E-state index in [0.717, 1.165) is 56.2 Å². The number of carbonyl (C=O) groups is 1. The first-order chi connectivity index (χ1) is 16.5. The van der Waals surface area contributed by atoms with Crippen molar-refractivity contribution in [1.29, 1.82) is 0 Å². The summed E-state index contributed by atoms with van der Waals surface area (Å²) in [5.74, 6) is -1.28. The van der Waals surface area contributed by atoms with Crippen LogP contribution in [-0.4, -0.2) is 45.2 Å². The lowest BCUT2D eigenvalue weighted by Gasteiger charge is -2.36. The van der Waals surface area contributed by atoms with Crippen LogP contribution >= 0.6 is 11.6 Å². The Hall–Kier alpha value is -2.23. The lowest BCUT2D eigenvalue weighted by molar-refractivity contribution is 0.0977. The van der Waals surface area contributed by atoms with E-state index in [4.69, 9.17) is 16.3 Å². The Bertz CT molecular complexity index is 1210.